The van der Waals surface area contributed by atoms with Gasteiger partial charge in [-0.25, -0.2) is 0 Å². The van der Waals surface area contributed by atoms with E-state index in [1.807, 2.05) is 32.0 Å². The number of nitrogens with one attached hydrogen (secondary N) is 1. The number of rotatable bonds is 5. The van der Waals surface area contributed by atoms with Gasteiger partial charge in [0.15, 0.2) is 0 Å². The monoisotopic (exact) mass is 396 g/mol. The first-order chi connectivity index (χ1) is 13.0. The predicted octanol–water partition coefficient (Wildman–Crippen LogP) is 5.72. The van der Waals surface area contributed by atoms with Gasteiger partial charge in [-0.2, -0.15) is 5.26 Å². The summed E-state index contributed by atoms with van der Waals surface area (Å²) in [6.07, 6.45) is 0. The molecule has 2 aromatic carbocycles. The first-order valence-corrected chi connectivity index (χ1v) is 9.46. The van der Waals surface area contributed by atoms with Gasteiger partial charge >= 0.3 is 0 Å². The highest BCUT2D eigenvalue weighted by atomic mass is 35.5. The summed E-state index contributed by atoms with van der Waals surface area (Å²) in [7, 11) is 0. The SMILES string of the molecule is Cc1sc(NC(=O)c2ccccc2OCc2ccc(Cl)cc2)c(C#N)c1C. The third kappa shape index (κ3) is 4.30. The van der Waals surface area contributed by atoms with Gasteiger partial charge in [0.2, 0.25) is 0 Å². The van der Waals surface area contributed by atoms with E-state index in [0.29, 0.717) is 33.5 Å². The van der Waals surface area contributed by atoms with Crippen molar-refractivity contribution in [1.29, 1.82) is 5.26 Å². The highest BCUT2D eigenvalue weighted by Gasteiger charge is 2.18. The number of hydrogen-bond acceptors (Lipinski definition) is 4. The number of nitrogens with zero attached hydrogens (tertiary/aromatic N) is 1. The van der Waals surface area contributed by atoms with Crippen molar-refractivity contribution in [2.24, 2.45) is 0 Å². The quantitative estimate of drug-likeness (QED) is 0.599. The van der Waals surface area contributed by atoms with Crippen LogP contribution in [0.25, 0.3) is 0 Å². The molecule has 0 aliphatic carbocycles. The number of para-hydroxylation sites is 1. The summed E-state index contributed by atoms with van der Waals surface area (Å²) in [4.78, 5) is 13.8. The Bertz CT molecular complexity index is 1020. The van der Waals surface area contributed by atoms with E-state index in [1.54, 1.807) is 30.3 Å². The maximum absolute atomic E-state index is 12.8. The van der Waals surface area contributed by atoms with E-state index in [1.165, 1.54) is 11.3 Å². The molecular formula is C21H17ClN2O2S. The van der Waals surface area contributed by atoms with Crippen LogP contribution in [0.2, 0.25) is 5.02 Å². The number of ether oxygens (including phenoxy) is 1. The lowest BCUT2D eigenvalue weighted by Gasteiger charge is -2.11. The molecule has 3 aromatic rings. The Balaban J connectivity index is 1.79. The number of amides is 1. The van der Waals surface area contributed by atoms with Crippen molar-refractivity contribution in [2.75, 3.05) is 5.32 Å². The van der Waals surface area contributed by atoms with Gasteiger partial charge in [-0.3, -0.25) is 4.79 Å². The smallest absolute Gasteiger partial charge is 0.260 e. The molecule has 27 heavy (non-hydrogen) atoms. The summed E-state index contributed by atoms with van der Waals surface area (Å²) < 4.78 is 5.84. The molecule has 4 nitrogen and oxygen atoms in total. The van der Waals surface area contributed by atoms with Crippen molar-refractivity contribution in [1.82, 2.24) is 0 Å². The predicted molar refractivity (Wildman–Crippen MR) is 109 cm³/mol. The minimum Gasteiger partial charge on any atom is -0.488 e. The molecule has 1 aromatic heterocycles. The molecule has 0 fully saturated rings. The Morgan fingerprint density at radius 2 is 1.89 bits per heavy atom. The number of hydrogen-bond donors (Lipinski definition) is 1. The second kappa shape index (κ2) is 8.26. The molecule has 0 radical (unpaired) electrons. The van der Waals surface area contributed by atoms with Crippen LogP contribution in [0.5, 0.6) is 5.75 Å². The van der Waals surface area contributed by atoms with Crippen molar-refractivity contribution < 1.29 is 9.53 Å². The van der Waals surface area contributed by atoms with E-state index in [9.17, 15) is 10.1 Å². The normalized spacial score (nSPS) is 10.3. The van der Waals surface area contributed by atoms with Gasteiger partial charge in [0.05, 0.1) is 11.1 Å². The molecule has 0 unspecified atom stereocenters. The molecule has 0 saturated carbocycles. The minimum absolute atomic E-state index is 0.306. The molecule has 0 atom stereocenters. The zero-order valence-corrected chi connectivity index (χ0v) is 16.4. The molecule has 3 rings (SSSR count). The molecule has 1 heterocycles. The lowest BCUT2D eigenvalue weighted by molar-refractivity contribution is 0.102. The summed E-state index contributed by atoms with van der Waals surface area (Å²) >= 11 is 7.29. The maximum atomic E-state index is 12.8. The number of carbonyl (C=O) groups excluding carboxylic acids is 1. The second-order valence-electron chi connectivity index (χ2n) is 5.96. The Morgan fingerprint density at radius 3 is 2.59 bits per heavy atom. The third-order valence-corrected chi connectivity index (χ3v) is 5.54. The molecule has 0 aliphatic rings. The zero-order valence-electron chi connectivity index (χ0n) is 14.9. The largest absolute Gasteiger partial charge is 0.488 e. The standard InChI is InChI=1S/C21H17ClN2O2S/c1-13-14(2)27-21(18(13)11-23)24-20(25)17-5-3-4-6-19(17)26-12-15-7-9-16(22)10-8-15/h3-10H,12H2,1-2H3,(H,24,25). The van der Waals surface area contributed by atoms with Crippen LogP contribution in [0.15, 0.2) is 48.5 Å². The fourth-order valence-corrected chi connectivity index (χ4v) is 3.67. The molecule has 0 aliphatic heterocycles. The van der Waals surface area contributed by atoms with E-state index in [0.717, 1.165) is 16.0 Å². The molecule has 0 bridgehead atoms. The van der Waals surface area contributed by atoms with Gasteiger partial charge in [-0.1, -0.05) is 35.9 Å². The number of aryl methyl sites for hydroxylation is 1. The van der Waals surface area contributed by atoms with Gasteiger partial charge in [0.25, 0.3) is 5.91 Å². The molecule has 0 spiro atoms. The van der Waals surface area contributed by atoms with Crippen LogP contribution in [0, 0.1) is 25.2 Å². The van der Waals surface area contributed by atoms with Gasteiger partial charge < -0.3 is 10.1 Å². The Morgan fingerprint density at radius 1 is 1.19 bits per heavy atom. The molecule has 136 valence electrons. The van der Waals surface area contributed by atoms with Crippen LogP contribution >= 0.6 is 22.9 Å². The van der Waals surface area contributed by atoms with Gasteiger partial charge in [0, 0.05) is 9.90 Å². The lowest BCUT2D eigenvalue weighted by atomic mass is 10.1. The summed E-state index contributed by atoms with van der Waals surface area (Å²) in [5, 5.41) is 13.4. The Labute approximate surface area is 167 Å². The molecule has 1 amide bonds. The van der Waals surface area contributed by atoms with Crippen molar-refractivity contribution >= 4 is 33.8 Å². The van der Waals surface area contributed by atoms with Crippen LogP contribution < -0.4 is 10.1 Å². The third-order valence-electron chi connectivity index (χ3n) is 4.16. The first-order valence-electron chi connectivity index (χ1n) is 8.27. The number of thiophene rings is 1. The van der Waals surface area contributed by atoms with Crippen LogP contribution in [0.1, 0.15) is 31.9 Å². The highest BCUT2D eigenvalue weighted by Crippen LogP contribution is 2.32. The van der Waals surface area contributed by atoms with Gasteiger partial charge in [-0.15, -0.1) is 11.3 Å². The zero-order chi connectivity index (χ0) is 19.4. The number of carbonyl (C=O) groups is 1. The number of halogens is 1. The van der Waals surface area contributed by atoms with Crippen molar-refractivity contribution in [3.63, 3.8) is 0 Å². The number of benzene rings is 2. The topological polar surface area (TPSA) is 62.1 Å². The minimum atomic E-state index is -0.306. The highest BCUT2D eigenvalue weighted by molar-refractivity contribution is 7.16. The van der Waals surface area contributed by atoms with Crippen LogP contribution in [0.3, 0.4) is 0 Å². The van der Waals surface area contributed by atoms with Crippen LogP contribution in [-0.2, 0) is 6.61 Å². The Hall–Kier alpha value is -2.81. The second-order valence-corrected chi connectivity index (χ2v) is 7.63. The summed E-state index contributed by atoms with van der Waals surface area (Å²) in [5.41, 5.74) is 2.76. The van der Waals surface area contributed by atoms with Gasteiger partial charge in [0.1, 0.15) is 23.4 Å². The number of nitriles is 1. The fraction of sp³-hybridized carbons (Fsp3) is 0.143. The van der Waals surface area contributed by atoms with Crippen LogP contribution in [0.4, 0.5) is 5.00 Å². The first kappa shape index (κ1) is 19.0. The fourth-order valence-electron chi connectivity index (χ4n) is 2.54. The average molecular weight is 397 g/mol. The Kier molecular flexibility index (Phi) is 5.80. The van der Waals surface area contributed by atoms with Crippen molar-refractivity contribution in [2.45, 2.75) is 20.5 Å². The maximum Gasteiger partial charge on any atom is 0.260 e. The van der Waals surface area contributed by atoms with Crippen LogP contribution in [-0.4, -0.2) is 5.91 Å². The number of anilines is 1. The van der Waals surface area contributed by atoms with Crippen molar-refractivity contribution in [3.8, 4) is 11.8 Å². The van der Waals surface area contributed by atoms with E-state index in [-0.39, 0.29) is 5.91 Å². The van der Waals surface area contributed by atoms with E-state index >= 15 is 0 Å². The lowest BCUT2D eigenvalue weighted by Crippen LogP contribution is -2.13. The molecule has 1 N–H and O–H groups in total. The molecule has 0 saturated heterocycles. The van der Waals surface area contributed by atoms with Crippen molar-refractivity contribution in [3.05, 3.63) is 80.7 Å². The summed E-state index contributed by atoms with van der Waals surface area (Å²) in [5.74, 6) is 0.174. The molecular weight excluding hydrogens is 380 g/mol. The summed E-state index contributed by atoms with van der Waals surface area (Å²) in [6, 6.07) is 16.5. The van der Waals surface area contributed by atoms with E-state index in [4.69, 9.17) is 16.3 Å². The molecule has 6 heteroatoms. The van der Waals surface area contributed by atoms with Gasteiger partial charge in [-0.05, 0) is 49.2 Å². The average Bonchev–Trinajstić information content (AvgIpc) is 2.94. The summed E-state index contributed by atoms with van der Waals surface area (Å²) in [6.45, 7) is 4.13. The van der Waals surface area contributed by atoms with E-state index < -0.39 is 0 Å². The van der Waals surface area contributed by atoms with E-state index in [2.05, 4.69) is 11.4 Å².